The lowest BCUT2D eigenvalue weighted by Gasteiger charge is -2.23. The molecule has 0 bridgehead atoms. The minimum absolute atomic E-state index is 0.373. The minimum Gasteiger partial charge on any atom is -0.490 e. The van der Waals surface area contributed by atoms with Crippen LogP contribution in [0.4, 0.5) is 5.82 Å². The molecule has 3 aromatic rings. The van der Waals surface area contributed by atoms with Gasteiger partial charge in [-0.3, -0.25) is 4.98 Å². The van der Waals surface area contributed by atoms with Crippen LogP contribution in [0.15, 0.2) is 48.8 Å². The number of nitrogens with one attached hydrogen (secondary N) is 1. The number of benzene rings is 1. The lowest BCUT2D eigenvalue weighted by atomic mass is 9.98. The Morgan fingerprint density at radius 2 is 1.88 bits per heavy atom. The summed E-state index contributed by atoms with van der Waals surface area (Å²) < 4.78 is 6.14. The number of fused-ring (bicyclic) bond motifs is 1. The average molecular weight is 334 g/mol. The zero-order valence-electron chi connectivity index (χ0n) is 14.2. The van der Waals surface area contributed by atoms with Crippen LogP contribution >= 0.6 is 0 Å². The maximum atomic E-state index is 6.14. The molecule has 5 nitrogen and oxygen atoms in total. The normalized spacial score (nSPS) is 15.2. The Morgan fingerprint density at radius 1 is 1.00 bits per heavy atom. The molecule has 0 spiro atoms. The largest absolute Gasteiger partial charge is 0.490 e. The van der Waals surface area contributed by atoms with Gasteiger partial charge in [-0.05, 0) is 55.5 Å². The summed E-state index contributed by atoms with van der Waals surface area (Å²) in [6.45, 7) is 0.695. The smallest absolute Gasteiger partial charge is 0.180 e. The van der Waals surface area contributed by atoms with Crippen LogP contribution in [-0.2, 0) is 6.54 Å². The first kappa shape index (κ1) is 15.8. The SMILES string of the molecule is c1cc(CNc2ccc3nccnc3n2)cc(OC2CCCCC2)c1. The van der Waals surface area contributed by atoms with Crippen LogP contribution in [0.5, 0.6) is 5.75 Å². The molecule has 1 N–H and O–H groups in total. The first-order valence-electron chi connectivity index (χ1n) is 8.94. The van der Waals surface area contributed by atoms with Gasteiger partial charge in [0.25, 0.3) is 0 Å². The molecule has 2 aromatic heterocycles. The standard InChI is InChI=1S/C20H22N4O/c1-2-6-16(7-3-1)25-17-8-4-5-15(13-17)14-23-19-10-9-18-20(24-19)22-12-11-21-18/h4-5,8-13,16H,1-3,6-7,14H2,(H,22,23,24). The second-order valence-corrected chi connectivity index (χ2v) is 6.47. The summed E-state index contributed by atoms with van der Waals surface area (Å²) in [6.07, 6.45) is 9.95. The fraction of sp³-hybridized carbons (Fsp3) is 0.350. The third-order valence-electron chi connectivity index (χ3n) is 4.56. The van der Waals surface area contributed by atoms with Crippen molar-refractivity contribution in [3.8, 4) is 5.75 Å². The molecule has 1 aliphatic rings. The fourth-order valence-corrected chi connectivity index (χ4v) is 3.25. The Balaban J connectivity index is 1.40. The maximum absolute atomic E-state index is 6.14. The molecule has 4 rings (SSSR count). The highest BCUT2D eigenvalue weighted by Gasteiger charge is 2.14. The van der Waals surface area contributed by atoms with E-state index in [2.05, 4.69) is 38.5 Å². The quantitative estimate of drug-likeness (QED) is 0.752. The van der Waals surface area contributed by atoms with E-state index in [0.29, 0.717) is 18.3 Å². The van der Waals surface area contributed by atoms with Crippen LogP contribution < -0.4 is 10.1 Å². The van der Waals surface area contributed by atoms with E-state index in [4.69, 9.17) is 4.74 Å². The van der Waals surface area contributed by atoms with Crippen molar-refractivity contribution in [2.75, 3.05) is 5.32 Å². The van der Waals surface area contributed by atoms with Crippen LogP contribution in [-0.4, -0.2) is 21.1 Å². The van der Waals surface area contributed by atoms with Crippen molar-refractivity contribution in [2.24, 2.45) is 0 Å². The van der Waals surface area contributed by atoms with Crippen molar-refractivity contribution in [3.63, 3.8) is 0 Å². The number of nitrogens with zero attached hydrogens (tertiary/aromatic N) is 3. The molecule has 1 saturated carbocycles. The van der Waals surface area contributed by atoms with E-state index < -0.39 is 0 Å². The van der Waals surface area contributed by atoms with Crippen molar-refractivity contribution in [3.05, 3.63) is 54.4 Å². The zero-order valence-corrected chi connectivity index (χ0v) is 14.2. The van der Waals surface area contributed by atoms with Crippen LogP contribution in [0, 0.1) is 0 Å². The Labute approximate surface area is 147 Å². The molecule has 0 saturated heterocycles. The first-order valence-corrected chi connectivity index (χ1v) is 8.94. The van der Waals surface area contributed by atoms with E-state index in [1.54, 1.807) is 12.4 Å². The maximum Gasteiger partial charge on any atom is 0.180 e. The predicted octanol–water partition coefficient (Wildman–Crippen LogP) is 4.35. The van der Waals surface area contributed by atoms with Gasteiger partial charge in [-0.25, -0.2) is 9.97 Å². The number of anilines is 1. The summed E-state index contributed by atoms with van der Waals surface area (Å²) in [5.74, 6) is 1.76. The summed E-state index contributed by atoms with van der Waals surface area (Å²) in [6, 6.07) is 12.2. The lowest BCUT2D eigenvalue weighted by molar-refractivity contribution is 0.155. The highest BCUT2D eigenvalue weighted by Crippen LogP contribution is 2.24. The summed E-state index contributed by atoms with van der Waals surface area (Å²) in [5.41, 5.74) is 2.63. The van der Waals surface area contributed by atoms with E-state index in [9.17, 15) is 0 Å². The molecule has 128 valence electrons. The molecule has 5 heteroatoms. The number of hydrogen-bond donors (Lipinski definition) is 1. The molecule has 25 heavy (non-hydrogen) atoms. The second kappa shape index (κ2) is 7.47. The highest BCUT2D eigenvalue weighted by molar-refractivity contribution is 5.71. The highest BCUT2D eigenvalue weighted by atomic mass is 16.5. The van der Waals surface area contributed by atoms with E-state index in [-0.39, 0.29) is 0 Å². The monoisotopic (exact) mass is 334 g/mol. The summed E-state index contributed by atoms with van der Waals surface area (Å²) in [5, 5.41) is 3.35. The number of hydrogen-bond acceptors (Lipinski definition) is 5. The Hall–Kier alpha value is -2.69. The van der Waals surface area contributed by atoms with Crippen LogP contribution in [0.2, 0.25) is 0 Å². The molecule has 1 aliphatic carbocycles. The van der Waals surface area contributed by atoms with Crippen molar-refractivity contribution >= 4 is 17.0 Å². The lowest BCUT2D eigenvalue weighted by Crippen LogP contribution is -2.19. The van der Waals surface area contributed by atoms with E-state index >= 15 is 0 Å². The summed E-state index contributed by atoms with van der Waals surface area (Å²) in [4.78, 5) is 13.0. The number of ether oxygens (including phenoxy) is 1. The van der Waals surface area contributed by atoms with Crippen molar-refractivity contribution in [1.29, 1.82) is 0 Å². The van der Waals surface area contributed by atoms with Gasteiger partial charge < -0.3 is 10.1 Å². The predicted molar refractivity (Wildman–Crippen MR) is 98.6 cm³/mol. The van der Waals surface area contributed by atoms with Gasteiger partial charge in [-0.2, -0.15) is 0 Å². The number of aromatic nitrogens is 3. The average Bonchev–Trinajstić information content (AvgIpc) is 2.67. The topological polar surface area (TPSA) is 59.9 Å². The molecular formula is C20H22N4O. The van der Waals surface area contributed by atoms with Gasteiger partial charge >= 0.3 is 0 Å². The van der Waals surface area contributed by atoms with Gasteiger partial charge in [0.2, 0.25) is 0 Å². The fourth-order valence-electron chi connectivity index (χ4n) is 3.25. The van der Waals surface area contributed by atoms with Gasteiger partial charge in [-0.1, -0.05) is 18.6 Å². The number of pyridine rings is 1. The molecule has 2 heterocycles. The van der Waals surface area contributed by atoms with Crippen LogP contribution in [0.25, 0.3) is 11.2 Å². The molecular weight excluding hydrogens is 312 g/mol. The van der Waals surface area contributed by atoms with Gasteiger partial charge in [0.15, 0.2) is 5.65 Å². The van der Waals surface area contributed by atoms with Crippen molar-refractivity contribution in [1.82, 2.24) is 15.0 Å². The zero-order chi connectivity index (χ0) is 16.9. The second-order valence-electron chi connectivity index (χ2n) is 6.47. The Kier molecular flexibility index (Phi) is 4.72. The molecule has 1 fully saturated rings. The summed E-state index contributed by atoms with van der Waals surface area (Å²) >= 11 is 0. The van der Waals surface area contributed by atoms with E-state index in [1.165, 1.54) is 37.7 Å². The van der Waals surface area contributed by atoms with Crippen molar-refractivity contribution in [2.45, 2.75) is 44.8 Å². The van der Waals surface area contributed by atoms with Crippen LogP contribution in [0.1, 0.15) is 37.7 Å². The first-order chi connectivity index (χ1) is 12.4. The molecule has 0 amide bonds. The minimum atomic E-state index is 0.373. The van der Waals surface area contributed by atoms with Gasteiger partial charge in [0, 0.05) is 18.9 Å². The van der Waals surface area contributed by atoms with E-state index in [0.717, 1.165) is 17.1 Å². The molecule has 1 aromatic carbocycles. The van der Waals surface area contributed by atoms with Crippen molar-refractivity contribution < 1.29 is 4.74 Å². The molecule has 0 radical (unpaired) electrons. The van der Waals surface area contributed by atoms with Gasteiger partial charge in [0.1, 0.15) is 17.1 Å². The third-order valence-corrected chi connectivity index (χ3v) is 4.56. The van der Waals surface area contributed by atoms with Gasteiger partial charge in [0.05, 0.1) is 6.10 Å². The number of rotatable bonds is 5. The molecule has 0 aliphatic heterocycles. The Bertz CT molecular complexity index is 846. The Morgan fingerprint density at radius 3 is 2.80 bits per heavy atom. The third kappa shape index (κ3) is 4.05. The van der Waals surface area contributed by atoms with Gasteiger partial charge in [-0.15, -0.1) is 0 Å². The molecule has 0 atom stereocenters. The van der Waals surface area contributed by atoms with Crippen LogP contribution in [0.3, 0.4) is 0 Å². The van der Waals surface area contributed by atoms with E-state index in [1.807, 2.05) is 18.2 Å². The molecule has 0 unspecified atom stereocenters. The summed E-state index contributed by atoms with van der Waals surface area (Å²) in [7, 11) is 0.